The van der Waals surface area contributed by atoms with Crippen molar-refractivity contribution in [3.63, 3.8) is 0 Å². The largest absolute Gasteiger partial charge is 0.508 e. The summed E-state index contributed by atoms with van der Waals surface area (Å²) in [6.07, 6.45) is 1.75. The van der Waals surface area contributed by atoms with Gasteiger partial charge in [-0.1, -0.05) is 24.3 Å². The maximum Gasteiger partial charge on any atom is 0.326 e. The number of hydrogen-bond acceptors (Lipinski definition) is 9. The smallest absolute Gasteiger partial charge is 0.326 e. The van der Waals surface area contributed by atoms with Gasteiger partial charge < -0.3 is 47.1 Å². The number of phenols is 2. The number of nitrogens with one attached hydrogen (secondary N) is 4. The van der Waals surface area contributed by atoms with E-state index in [1.165, 1.54) is 48.9 Å². The number of carboxylic acid groups (broad SMARTS) is 2. The van der Waals surface area contributed by atoms with Gasteiger partial charge >= 0.3 is 11.9 Å². The normalized spacial score (nSPS) is 13.6. The van der Waals surface area contributed by atoms with Gasteiger partial charge in [0.05, 0.1) is 12.4 Å². The molecule has 0 spiro atoms. The number of carboxylic acids is 2. The van der Waals surface area contributed by atoms with Gasteiger partial charge in [0.1, 0.15) is 29.6 Å². The van der Waals surface area contributed by atoms with Crippen LogP contribution in [0.1, 0.15) is 29.7 Å². The number of benzene rings is 2. The minimum atomic E-state index is -1.47. The first-order valence-electron chi connectivity index (χ1n) is 13.6. The van der Waals surface area contributed by atoms with E-state index >= 15 is 0 Å². The van der Waals surface area contributed by atoms with Gasteiger partial charge in [-0.15, -0.1) is 0 Å². The van der Waals surface area contributed by atoms with E-state index in [0.717, 1.165) is 0 Å². The summed E-state index contributed by atoms with van der Waals surface area (Å²) in [6.45, 7) is 0. The van der Waals surface area contributed by atoms with E-state index in [4.69, 9.17) is 5.73 Å². The highest BCUT2D eigenvalue weighted by Crippen LogP contribution is 2.13. The fraction of sp³-hybridized carbons (Fsp3) is 0.310. The van der Waals surface area contributed by atoms with Gasteiger partial charge in [0.25, 0.3) is 0 Å². The molecule has 0 radical (unpaired) electrons. The molecule has 44 heavy (non-hydrogen) atoms. The monoisotopic (exact) mass is 610 g/mol. The number of amides is 3. The molecule has 10 N–H and O–H groups in total. The Morgan fingerprint density at radius 3 is 1.77 bits per heavy atom. The van der Waals surface area contributed by atoms with Crippen LogP contribution in [0, 0.1) is 0 Å². The van der Waals surface area contributed by atoms with Gasteiger partial charge in [-0.05, 0) is 48.2 Å². The Bertz CT molecular complexity index is 1430. The number of aromatic nitrogens is 2. The van der Waals surface area contributed by atoms with Crippen molar-refractivity contribution in [2.75, 3.05) is 0 Å². The highest BCUT2D eigenvalue weighted by molar-refractivity contribution is 5.94. The van der Waals surface area contributed by atoms with E-state index < -0.39 is 60.2 Å². The molecule has 0 fully saturated rings. The highest BCUT2D eigenvalue weighted by Gasteiger charge is 2.31. The lowest BCUT2D eigenvalue weighted by Crippen LogP contribution is -2.58. The summed E-state index contributed by atoms with van der Waals surface area (Å²) in [6, 6.07) is 6.48. The van der Waals surface area contributed by atoms with Crippen LogP contribution in [0.3, 0.4) is 0 Å². The van der Waals surface area contributed by atoms with Crippen LogP contribution in [0.5, 0.6) is 11.5 Å². The van der Waals surface area contributed by atoms with E-state index in [9.17, 15) is 44.4 Å². The molecular weight excluding hydrogens is 576 g/mol. The van der Waals surface area contributed by atoms with E-state index in [0.29, 0.717) is 16.8 Å². The molecule has 15 nitrogen and oxygen atoms in total. The van der Waals surface area contributed by atoms with Crippen molar-refractivity contribution >= 4 is 29.7 Å². The molecule has 0 saturated carbocycles. The quantitative estimate of drug-likeness (QED) is 0.101. The Labute approximate surface area is 251 Å². The van der Waals surface area contributed by atoms with Crippen LogP contribution in [-0.4, -0.2) is 84.2 Å². The van der Waals surface area contributed by atoms with Crippen LogP contribution in [0.15, 0.2) is 61.1 Å². The molecule has 3 amide bonds. The molecule has 3 rings (SSSR count). The maximum atomic E-state index is 13.4. The molecule has 4 atom stereocenters. The van der Waals surface area contributed by atoms with Crippen molar-refractivity contribution in [1.82, 2.24) is 25.9 Å². The minimum Gasteiger partial charge on any atom is -0.508 e. The first-order chi connectivity index (χ1) is 20.9. The topological polar surface area (TPSA) is 257 Å². The van der Waals surface area contributed by atoms with Gasteiger partial charge in [0.2, 0.25) is 17.7 Å². The van der Waals surface area contributed by atoms with Crippen LogP contribution in [0.2, 0.25) is 0 Å². The number of phenolic OH excluding ortho intramolecular Hbond substituents is 2. The number of carbonyl (C=O) groups excluding carboxylic acids is 3. The minimum absolute atomic E-state index is 0.0285. The number of aliphatic carboxylic acids is 2. The first kappa shape index (κ1) is 33.1. The zero-order chi connectivity index (χ0) is 32.2. The summed E-state index contributed by atoms with van der Waals surface area (Å²) >= 11 is 0. The first-order valence-corrected chi connectivity index (χ1v) is 13.6. The van der Waals surface area contributed by atoms with Gasteiger partial charge in [-0.3, -0.25) is 19.2 Å². The summed E-state index contributed by atoms with van der Waals surface area (Å²) < 4.78 is 0. The molecule has 3 aromatic rings. The summed E-state index contributed by atoms with van der Waals surface area (Å²) in [5.41, 5.74) is 7.68. The second kappa shape index (κ2) is 15.7. The fourth-order valence-corrected chi connectivity index (χ4v) is 4.23. The van der Waals surface area contributed by atoms with Gasteiger partial charge in [0, 0.05) is 31.2 Å². The standard InChI is InChI=1S/C29H34N6O9/c30-21(11-16-1-5-19(36)6-2-16)26(40)34-23(13-18-14-31-15-32-18)28(42)33-22(9-10-25(38)39)27(41)35-24(29(43)44)12-17-3-7-20(37)8-4-17/h1-8,14-15,21-24,36-37H,9-13,30H2,(H,31,32)(H,33,42)(H,34,40)(H,35,41)(H,38,39)(H,43,44). The second-order valence-electron chi connectivity index (χ2n) is 10.1. The predicted octanol–water partition coefficient (Wildman–Crippen LogP) is -0.420. The molecule has 0 saturated heterocycles. The van der Waals surface area contributed by atoms with E-state index in [2.05, 4.69) is 25.9 Å². The molecule has 15 heteroatoms. The number of rotatable bonds is 16. The van der Waals surface area contributed by atoms with Crippen LogP contribution in [0.25, 0.3) is 0 Å². The molecule has 0 aliphatic carbocycles. The number of nitrogens with two attached hydrogens (primary N) is 1. The number of aromatic amines is 1. The lowest BCUT2D eigenvalue weighted by molar-refractivity contribution is -0.143. The summed E-state index contributed by atoms with van der Waals surface area (Å²) in [5, 5.41) is 45.2. The van der Waals surface area contributed by atoms with Crippen LogP contribution < -0.4 is 21.7 Å². The van der Waals surface area contributed by atoms with Crippen molar-refractivity contribution in [1.29, 1.82) is 0 Å². The molecule has 2 aromatic carbocycles. The second-order valence-corrected chi connectivity index (χ2v) is 10.1. The molecule has 4 unspecified atom stereocenters. The molecule has 1 aromatic heterocycles. The SMILES string of the molecule is NC(Cc1ccc(O)cc1)C(=O)NC(Cc1cnc[nH]1)C(=O)NC(CCC(=O)O)C(=O)NC(Cc1ccc(O)cc1)C(=O)O. The molecule has 0 aliphatic heterocycles. The number of carbonyl (C=O) groups is 5. The Morgan fingerprint density at radius 1 is 0.727 bits per heavy atom. The molecule has 234 valence electrons. The number of nitrogens with zero attached hydrogens (tertiary/aromatic N) is 1. The molecule has 0 aliphatic rings. The highest BCUT2D eigenvalue weighted by atomic mass is 16.4. The number of imidazole rings is 1. The van der Waals surface area contributed by atoms with Crippen molar-refractivity contribution in [3.05, 3.63) is 77.9 Å². The lowest BCUT2D eigenvalue weighted by atomic mass is 10.0. The van der Waals surface area contributed by atoms with Crippen molar-refractivity contribution in [2.24, 2.45) is 5.73 Å². The Balaban J connectivity index is 1.75. The number of hydrogen-bond donors (Lipinski definition) is 9. The Morgan fingerprint density at radius 2 is 1.25 bits per heavy atom. The van der Waals surface area contributed by atoms with Crippen molar-refractivity contribution in [3.8, 4) is 11.5 Å². The van der Waals surface area contributed by atoms with Gasteiger partial charge in [0.15, 0.2) is 0 Å². The van der Waals surface area contributed by atoms with Crippen LogP contribution in [-0.2, 0) is 43.2 Å². The summed E-state index contributed by atoms with van der Waals surface area (Å²) in [7, 11) is 0. The predicted molar refractivity (Wildman–Crippen MR) is 154 cm³/mol. The fourth-order valence-electron chi connectivity index (χ4n) is 4.23. The third-order valence-corrected chi connectivity index (χ3v) is 6.61. The zero-order valence-corrected chi connectivity index (χ0v) is 23.5. The number of aromatic hydroxyl groups is 2. The Kier molecular flexibility index (Phi) is 11.8. The van der Waals surface area contributed by atoms with E-state index in [1.807, 2.05) is 0 Å². The lowest BCUT2D eigenvalue weighted by Gasteiger charge is -2.25. The average molecular weight is 611 g/mol. The van der Waals surface area contributed by atoms with E-state index in [1.54, 1.807) is 12.1 Å². The van der Waals surface area contributed by atoms with E-state index in [-0.39, 0.29) is 37.2 Å². The number of H-pyrrole nitrogens is 1. The van der Waals surface area contributed by atoms with Crippen molar-refractivity contribution < 1.29 is 44.4 Å². The van der Waals surface area contributed by atoms with Gasteiger partial charge in [-0.25, -0.2) is 9.78 Å². The summed E-state index contributed by atoms with van der Waals surface area (Å²) in [5.74, 6) is -5.09. The third kappa shape index (κ3) is 10.4. The molecule has 1 heterocycles. The zero-order valence-electron chi connectivity index (χ0n) is 23.5. The molecule has 0 bridgehead atoms. The maximum absolute atomic E-state index is 13.4. The average Bonchev–Trinajstić information content (AvgIpc) is 3.49. The summed E-state index contributed by atoms with van der Waals surface area (Å²) in [4.78, 5) is 69.5. The van der Waals surface area contributed by atoms with Crippen molar-refractivity contribution in [2.45, 2.75) is 56.3 Å². The van der Waals surface area contributed by atoms with Gasteiger partial charge in [-0.2, -0.15) is 0 Å². The Hall–Kier alpha value is -5.44. The van der Waals surface area contributed by atoms with Crippen LogP contribution >= 0.6 is 0 Å². The van der Waals surface area contributed by atoms with Crippen LogP contribution in [0.4, 0.5) is 0 Å². The molecular formula is C29H34N6O9. The third-order valence-electron chi connectivity index (χ3n) is 6.61.